The molecule has 0 aliphatic carbocycles. The van der Waals surface area contributed by atoms with Crippen LogP contribution in [0, 0.1) is 0 Å². The third-order valence-electron chi connectivity index (χ3n) is 4.36. The van der Waals surface area contributed by atoms with E-state index in [1.165, 1.54) is 0 Å². The predicted octanol–water partition coefficient (Wildman–Crippen LogP) is 2.91. The van der Waals surface area contributed by atoms with Crippen LogP contribution in [0.3, 0.4) is 0 Å². The SMILES string of the molecule is COc1cccc(C(=O)N2CCc3ccccc3[C@@H]2CC(=O)O)c1. The van der Waals surface area contributed by atoms with Gasteiger partial charge in [0.15, 0.2) is 0 Å². The minimum Gasteiger partial charge on any atom is -0.497 e. The highest BCUT2D eigenvalue weighted by Gasteiger charge is 2.32. The van der Waals surface area contributed by atoms with Crippen molar-refractivity contribution in [2.24, 2.45) is 0 Å². The fourth-order valence-electron chi connectivity index (χ4n) is 3.20. The molecule has 3 rings (SSSR count). The number of fused-ring (bicyclic) bond motifs is 1. The number of aliphatic carboxylic acids is 1. The number of methoxy groups -OCH3 is 1. The second-order valence-corrected chi connectivity index (χ2v) is 5.79. The van der Waals surface area contributed by atoms with Gasteiger partial charge in [-0.15, -0.1) is 0 Å². The highest BCUT2D eigenvalue weighted by atomic mass is 16.5. The largest absolute Gasteiger partial charge is 0.497 e. The standard InChI is InChI=1S/C19H19NO4/c1-24-15-7-4-6-14(11-15)19(23)20-10-9-13-5-2-3-8-16(13)17(20)12-18(21)22/h2-8,11,17H,9-10,12H2,1H3,(H,21,22)/t17-/m0/s1. The molecule has 1 aliphatic heterocycles. The minimum atomic E-state index is -0.917. The van der Waals surface area contributed by atoms with E-state index in [1.54, 1.807) is 36.3 Å². The Morgan fingerprint density at radius 1 is 1.21 bits per heavy atom. The highest BCUT2D eigenvalue weighted by Crippen LogP contribution is 2.33. The Morgan fingerprint density at radius 2 is 2.00 bits per heavy atom. The summed E-state index contributed by atoms with van der Waals surface area (Å²) in [5.41, 5.74) is 2.53. The van der Waals surface area contributed by atoms with Crippen molar-refractivity contribution >= 4 is 11.9 Å². The zero-order valence-corrected chi connectivity index (χ0v) is 13.4. The van der Waals surface area contributed by atoms with Gasteiger partial charge >= 0.3 is 5.97 Å². The Bertz CT molecular complexity index is 771. The molecule has 124 valence electrons. The number of carboxylic acid groups (broad SMARTS) is 1. The molecule has 0 spiro atoms. The zero-order chi connectivity index (χ0) is 17.1. The van der Waals surface area contributed by atoms with Crippen molar-refractivity contribution in [2.75, 3.05) is 13.7 Å². The summed E-state index contributed by atoms with van der Waals surface area (Å²) in [5, 5.41) is 9.29. The molecular formula is C19H19NO4. The van der Waals surface area contributed by atoms with Gasteiger partial charge in [-0.3, -0.25) is 9.59 Å². The third-order valence-corrected chi connectivity index (χ3v) is 4.36. The van der Waals surface area contributed by atoms with Crippen LogP contribution in [0.25, 0.3) is 0 Å². The molecule has 0 aromatic heterocycles. The van der Waals surface area contributed by atoms with Gasteiger partial charge < -0.3 is 14.7 Å². The Morgan fingerprint density at radius 3 is 2.75 bits per heavy atom. The van der Waals surface area contributed by atoms with Gasteiger partial charge in [0.1, 0.15) is 5.75 Å². The van der Waals surface area contributed by atoms with E-state index in [0.717, 1.165) is 17.5 Å². The zero-order valence-electron chi connectivity index (χ0n) is 13.4. The summed E-state index contributed by atoms with van der Waals surface area (Å²) in [6.07, 6.45) is 0.620. The van der Waals surface area contributed by atoms with Crippen LogP contribution in [0.15, 0.2) is 48.5 Å². The number of hydrogen-bond donors (Lipinski definition) is 1. The topological polar surface area (TPSA) is 66.8 Å². The summed E-state index contributed by atoms with van der Waals surface area (Å²) < 4.78 is 5.18. The fourth-order valence-corrected chi connectivity index (χ4v) is 3.20. The maximum Gasteiger partial charge on any atom is 0.305 e. The molecular weight excluding hydrogens is 306 g/mol. The van der Waals surface area contributed by atoms with Crippen molar-refractivity contribution in [1.82, 2.24) is 4.90 Å². The second-order valence-electron chi connectivity index (χ2n) is 5.79. The average molecular weight is 325 g/mol. The second kappa shape index (κ2) is 6.74. The fraction of sp³-hybridized carbons (Fsp3) is 0.263. The summed E-state index contributed by atoms with van der Waals surface area (Å²) in [6, 6.07) is 14.2. The van der Waals surface area contributed by atoms with Crippen LogP contribution >= 0.6 is 0 Å². The minimum absolute atomic E-state index is 0.104. The Labute approximate surface area is 140 Å². The molecule has 2 aromatic carbocycles. The maximum atomic E-state index is 12.9. The average Bonchev–Trinajstić information content (AvgIpc) is 2.61. The lowest BCUT2D eigenvalue weighted by Crippen LogP contribution is -2.41. The van der Waals surface area contributed by atoms with E-state index in [9.17, 15) is 14.7 Å². The molecule has 0 saturated carbocycles. The van der Waals surface area contributed by atoms with E-state index in [2.05, 4.69) is 0 Å². The van der Waals surface area contributed by atoms with Gasteiger partial charge in [-0.2, -0.15) is 0 Å². The number of carbonyl (C=O) groups excluding carboxylic acids is 1. The van der Waals surface area contributed by atoms with Gasteiger partial charge in [-0.05, 0) is 35.7 Å². The molecule has 1 atom stereocenters. The van der Waals surface area contributed by atoms with Crippen LogP contribution in [0.2, 0.25) is 0 Å². The normalized spacial score (nSPS) is 16.4. The van der Waals surface area contributed by atoms with E-state index in [4.69, 9.17) is 4.74 Å². The monoisotopic (exact) mass is 325 g/mol. The summed E-state index contributed by atoms with van der Waals surface area (Å²) in [7, 11) is 1.55. The lowest BCUT2D eigenvalue weighted by atomic mass is 9.90. The number of amides is 1. The van der Waals surface area contributed by atoms with Crippen LogP contribution in [-0.2, 0) is 11.2 Å². The summed E-state index contributed by atoms with van der Waals surface area (Å²) in [4.78, 5) is 25.9. The molecule has 1 amide bonds. The van der Waals surface area contributed by atoms with E-state index >= 15 is 0 Å². The van der Waals surface area contributed by atoms with E-state index in [-0.39, 0.29) is 12.3 Å². The summed E-state index contributed by atoms with van der Waals surface area (Å²) in [6.45, 7) is 0.505. The van der Waals surface area contributed by atoms with E-state index in [1.807, 2.05) is 24.3 Å². The maximum absolute atomic E-state index is 12.9. The van der Waals surface area contributed by atoms with Crippen molar-refractivity contribution in [1.29, 1.82) is 0 Å². The number of nitrogens with zero attached hydrogens (tertiary/aromatic N) is 1. The first kappa shape index (κ1) is 16.1. The molecule has 1 N–H and O–H groups in total. The molecule has 24 heavy (non-hydrogen) atoms. The smallest absolute Gasteiger partial charge is 0.305 e. The quantitative estimate of drug-likeness (QED) is 0.938. The highest BCUT2D eigenvalue weighted by molar-refractivity contribution is 5.95. The van der Waals surface area contributed by atoms with Gasteiger partial charge in [0, 0.05) is 12.1 Å². The summed E-state index contributed by atoms with van der Waals surface area (Å²) >= 11 is 0. The molecule has 0 bridgehead atoms. The third kappa shape index (κ3) is 3.11. The van der Waals surface area contributed by atoms with Crippen LogP contribution in [0.5, 0.6) is 5.75 Å². The lowest BCUT2D eigenvalue weighted by molar-refractivity contribution is -0.138. The van der Waals surface area contributed by atoms with Crippen molar-refractivity contribution < 1.29 is 19.4 Å². The van der Waals surface area contributed by atoms with Gasteiger partial charge in [0.2, 0.25) is 0 Å². The molecule has 1 aliphatic rings. The molecule has 0 fully saturated rings. The Balaban J connectivity index is 1.96. The van der Waals surface area contributed by atoms with Crippen molar-refractivity contribution in [3.05, 3.63) is 65.2 Å². The van der Waals surface area contributed by atoms with Crippen LogP contribution in [0.4, 0.5) is 0 Å². The van der Waals surface area contributed by atoms with Gasteiger partial charge in [-0.25, -0.2) is 0 Å². The van der Waals surface area contributed by atoms with Gasteiger partial charge in [-0.1, -0.05) is 30.3 Å². The van der Waals surface area contributed by atoms with Crippen LogP contribution in [0.1, 0.15) is 33.9 Å². The number of rotatable bonds is 4. The number of ether oxygens (including phenoxy) is 1. The van der Waals surface area contributed by atoms with Gasteiger partial charge in [0.25, 0.3) is 5.91 Å². The lowest BCUT2D eigenvalue weighted by Gasteiger charge is -2.36. The predicted molar refractivity (Wildman–Crippen MR) is 89.2 cm³/mol. The van der Waals surface area contributed by atoms with E-state index < -0.39 is 12.0 Å². The van der Waals surface area contributed by atoms with Gasteiger partial charge in [0.05, 0.1) is 19.6 Å². The first-order valence-corrected chi connectivity index (χ1v) is 7.85. The van der Waals surface area contributed by atoms with Crippen molar-refractivity contribution in [2.45, 2.75) is 18.9 Å². The molecule has 0 radical (unpaired) electrons. The van der Waals surface area contributed by atoms with Crippen LogP contribution < -0.4 is 4.74 Å². The molecule has 5 nitrogen and oxygen atoms in total. The number of benzene rings is 2. The molecule has 0 saturated heterocycles. The number of carboxylic acids is 1. The molecule has 5 heteroatoms. The molecule has 2 aromatic rings. The Hall–Kier alpha value is -2.82. The first-order chi connectivity index (χ1) is 11.6. The first-order valence-electron chi connectivity index (χ1n) is 7.85. The number of hydrogen-bond acceptors (Lipinski definition) is 3. The molecule has 0 unspecified atom stereocenters. The Kier molecular flexibility index (Phi) is 4.51. The van der Waals surface area contributed by atoms with Crippen molar-refractivity contribution in [3.63, 3.8) is 0 Å². The van der Waals surface area contributed by atoms with Crippen molar-refractivity contribution in [3.8, 4) is 5.75 Å². The van der Waals surface area contributed by atoms with E-state index in [0.29, 0.717) is 17.9 Å². The number of carbonyl (C=O) groups is 2. The molecule has 1 heterocycles. The van der Waals surface area contributed by atoms with Crippen LogP contribution in [-0.4, -0.2) is 35.5 Å². The summed E-state index contributed by atoms with van der Waals surface area (Å²) in [5.74, 6) is -0.483.